The quantitative estimate of drug-likeness (QED) is 0.299. The first-order valence-electron chi connectivity index (χ1n) is 12.6. The third-order valence-electron chi connectivity index (χ3n) is 6.60. The Morgan fingerprint density at radius 3 is 2.60 bits per heavy atom. The second kappa shape index (κ2) is 12.6. The summed E-state index contributed by atoms with van der Waals surface area (Å²) >= 11 is 1.16. The van der Waals surface area contributed by atoms with Gasteiger partial charge in [-0.3, -0.25) is 19.9 Å². The molecule has 9 nitrogen and oxygen atoms in total. The van der Waals surface area contributed by atoms with Crippen LogP contribution in [0.15, 0.2) is 54.7 Å². The van der Waals surface area contributed by atoms with Crippen LogP contribution < -0.4 is 10.6 Å². The number of anilines is 1. The number of thiazole rings is 1. The number of halogens is 1. The average Bonchev–Trinajstić information content (AvgIpc) is 3.37. The summed E-state index contributed by atoms with van der Waals surface area (Å²) < 4.78 is 16.4. The van der Waals surface area contributed by atoms with Crippen LogP contribution in [-0.4, -0.2) is 76.4 Å². The molecule has 0 saturated carbocycles. The molecule has 2 aromatic carbocycles. The third kappa shape index (κ3) is 6.02. The minimum atomic E-state index is -0.899. The molecule has 3 amide bonds. The number of hydrogen-bond donors (Lipinski definition) is 3. The van der Waals surface area contributed by atoms with Gasteiger partial charge in [-0.2, -0.15) is 0 Å². The van der Waals surface area contributed by atoms with Crippen LogP contribution in [0.5, 0.6) is 0 Å². The number of aliphatic carboxylic acids is 1. The van der Waals surface area contributed by atoms with Crippen molar-refractivity contribution in [1.82, 2.24) is 20.2 Å². The zero-order valence-corrected chi connectivity index (χ0v) is 21.9. The number of hydrogen-bond acceptors (Lipinski definition) is 6. The summed E-state index contributed by atoms with van der Waals surface area (Å²) in [7, 11) is 0. The molecule has 5 rings (SSSR count). The summed E-state index contributed by atoms with van der Waals surface area (Å²) in [6, 6.07) is 13.3. The summed E-state index contributed by atoms with van der Waals surface area (Å²) in [5, 5.41) is 14.9. The number of aromatic nitrogens is 2. The Bertz CT molecular complexity index is 1550. The Labute approximate surface area is 246 Å². The number of urea groups is 1. The van der Waals surface area contributed by atoms with Crippen molar-refractivity contribution in [3.8, 4) is 22.4 Å². The number of amides is 3. The van der Waals surface area contributed by atoms with E-state index < -0.39 is 23.7 Å². The SMILES string of the molecule is CCNC(=O)Nc1nc2c(F)c(-c3ccc(C(=O)N4CCCC(C(=O)O)C4)cc3)cc(-c3ccccn3)c2s1.[LiH]. The van der Waals surface area contributed by atoms with E-state index in [1.54, 1.807) is 54.4 Å². The monoisotopic (exact) mass is 555 g/mol. The van der Waals surface area contributed by atoms with E-state index in [1.165, 1.54) is 0 Å². The average molecular weight is 556 g/mol. The zero-order chi connectivity index (χ0) is 27.5. The summed E-state index contributed by atoms with van der Waals surface area (Å²) in [5.41, 5.74) is 2.62. The van der Waals surface area contributed by atoms with Crippen LogP contribution in [0.4, 0.5) is 14.3 Å². The van der Waals surface area contributed by atoms with Gasteiger partial charge in [0.1, 0.15) is 5.52 Å². The molecule has 3 N–H and O–H groups in total. The molecular weight excluding hydrogens is 528 g/mol. The Balaban J connectivity index is 0.00000370. The van der Waals surface area contributed by atoms with Gasteiger partial charge in [-0.15, -0.1) is 0 Å². The van der Waals surface area contributed by atoms with Crippen molar-refractivity contribution in [2.45, 2.75) is 19.8 Å². The van der Waals surface area contributed by atoms with E-state index in [1.807, 2.05) is 12.1 Å². The van der Waals surface area contributed by atoms with E-state index in [4.69, 9.17) is 0 Å². The zero-order valence-electron chi connectivity index (χ0n) is 21.1. The number of piperidine rings is 1. The van der Waals surface area contributed by atoms with Gasteiger partial charge in [0.05, 0.1) is 16.3 Å². The molecule has 1 aliphatic rings. The van der Waals surface area contributed by atoms with Crippen molar-refractivity contribution >= 4 is 63.5 Å². The number of nitrogens with zero attached hydrogens (tertiary/aromatic N) is 3. The molecule has 2 aromatic heterocycles. The van der Waals surface area contributed by atoms with Crippen molar-refractivity contribution in [2.24, 2.45) is 5.92 Å². The number of fused-ring (bicyclic) bond motifs is 1. The molecule has 1 fully saturated rings. The number of benzene rings is 2. The molecule has 202 valence electrons. The number of carboxylic acid groups (broad SMARTS) is 1. The topological polar surface area (TPSA) is 125 Å². The standard InChI is InChI=1S/C28H26FN5O4S.Li.H/c1-2-30-27(38)33-28-32-23-22(29)19(14-20(24(23)39-28)21-7-3-4-12-31-21)16-8-10-17(11-9-16)25(35)34-13-5-6-18(15-34)26(36)37;;/h3-4,7-12,14,18H,2,5-6,13,15H2,1H3,(H,36,37)(H2,30,32,33,38);;. The predicted octanol–water partition coefficient (Wildman–Crippen LogP) is 4.59. The number of likely N-dealkylation sites (tertiary alicyclic amines) is 1. The van der Waals surface area contributed by atoms with Gasteiger partial charge in [0.15, 0.2) is 10.9 Å². The van der Waals surface area contributed by atoms with Crippen molar-refractivity contribution in [3.05, 3.63) is 66.1 Å². The first-order chi connectivity index (χ1) is 18.9. The Morgan fingerprint density at radius 2 is 1.93 bits per heavy atom. The molecule has 0 bridgehead atoms. The fourth-order valence-corrected chi connectivity index (χ4v) is 5.65. The fourth-order valence-electron chi connectivity index (χ4n) is 4.67. The Kier molecular flexibility index (Phi) is 9.20. The minimum absolute atomic E-state index is 0. The van der Waals surface area contributed by atoms with E-state index in [0.29, 0.717) is 53.0 Å². The molecule has 1 saturated heterocycles. The molecule has 1 unspecified atom stereocenters. The second-order valence-electron chi connectivity index (χ2n) is 9.19. The summed E-state index contributed by atoms with van der Waals surface area (Å²) in [6.07, 6.45) is 2.83. The van der Waals surface area contributed by atoms with Gasteiger partial charge >= 0.3 is 30.9 Å². The van der Waals surface area contributed by atoms with E-state index in [0.717, 1.165) is 11.3 Å². The number of carbonyl (C=O) groups excluding carboxylic acids is 2. The van der Waals surface area contributed by atoms with E-state index in [2.05, 4.69) is 20.6 Å². The molecule has 4 aromatic rings. The molecule has 1 aliphatic heterocycles. The molecule has 0 radical (unpaired) electrons. The third-order valence-corrected chi connectivity index (χ3v) is 7.61. The van der Waals surface area contributed by atoms with Crippen LogP contribution in [-0.2, 0) is 4.79 Å². The van der Waals surface area contributed by atoms with Gasteiger partial charge in [0, 0.05) is 42.5 Å². The maximum absolute atomic E-state index is 15.9. The van der Waals surface area contributed by atoms with Crippen molar-refractivity contribution < 1.29 is 23.9 Å². The first-order valence-corrected chi connectivity index (χ1v) is 13.4. The number of carbonyl (C=O) groups is 3. The summed E-state index contributed by atoms with van der Waals surface area (Å²) in [4.78, 5) is 46.8. The maximum atomic E-state index is 15.9. The van der Waals surface area contributed by atoms with Gasteiger partial charge in [0.25, 0.3) is 5.91 Å². The normalized spacial score (nSPS) is 14.8. The van der Waals surface area contributed by atoms with Crippen LogP contribution in [0.2, 0.25) is 0 Å². The number of rotatable bonds is 6. The van der Waals surface area contributed by atoms with E-state index >= 15 is 4.39 Å². The van der Waals surface area contributed by atoms with E-state index in [9.17, 15) is 19.5 Å². The van der Waals surface area contributed by atoms with Crippen molar-refractivity contribution in [2.75, 3.05) is 25.0 Å². The number of pyridine rings is 1. The van der Waals surface area contributed by atoms with Gasteiger partial charge in [-0.1, -0.05) is 29.5 Å². The second-order valence-corrected chi connectivity index (χ2v) is 10.2. The Hall–Kier alpha value is -3.78. The molecule has 0 aliphatic carbocycles. The van der Waals surface area contributed by atoms with Crippen LogP contribution in [0.25, 0.3) is 32.6 Å². The van der Waals surface area contributed by atoms with Gasteiger partial charge < -0.3 is 15.3 Å². The van der Waals surface area contributed by atoms with E-state index in [-0.39, 0.29) is 47.5 Å². The van der Waals surface area contributed by atoms with Crippen LogP contribution in [0.1, 0.15) is 30.1 Å². The van der Waals surface area contributed by atoms with Gasteiger partial charge in [-0.05, 0) is 55.7 Å². The molecule has 3 heterocycles. The number of nitrogens with one attached hydrogen (secondary N) is 2. The predicted molar refractivity (Wildman–Crippen MR) is 154 cm³/mol. The van der Waals surface area contributed by atoms with Crippen molar-refractivity contribution in [3.63, 3.8) is 0 Å². The first kappa shape index (κ1) is 29.2. The summed E-state index contributed by atoms with van der Waals surface area (Å²) in [6.45, 7) is 2.90. The van der Waals surface area contributed by atoms with Crippen LogP contribution in [0, 0.1) is 11.7 Å². The summed E-state index contributed by atoms with van der Waals surface area (Å²) in [5.74, 6) is -2.27. The van der Waals surface area contributed by atoms with Crippen LogP contribution in [0.3, 0.4) is 0 Å². The molecular formula is C28H27FLiN5O4S. The Morgan fingerprint density at radius 1 is 1.15 bits per heavy atom. The van der Waals surface area contributed by atoms with Crippen LogP contribution >= 0.6 is 11.3 Å². The van der Waals surface area contributed by atoms with Gasteiger partial charge in [-0.25, -0.2) is 14.2 Å². The molecule has 1 atom stereocenters. The van der Waals surface area contributed by atoms with Gasteiger partial charge in [0.2, 0.25) is 0 Å². The fraction of sp³-hybridized carbons (Fsp3) is 0.250. The number of carboxylic acids is 1. The van der Waals surface area contributed by atoms with Crippen molar-refractivity contribution in [1.29, 1.82) is 0 Å². The molecule has 0 spiro atoms. The molecule has 40 heavy (non-hydrogen) atoms. The molecule has 12 heteroatoms.